The van der Waals surface area contributed by atoms with E-state index >= 15 is 0 Å². The number of hydrogen-bond donors (Lipinski definition) is 0. The predicted octanol–water partition coefficient (Wildman–Crippen LogP) is 2.80. The van der Waals surface area contributed by atoms with Crippen LogP contribution in [-0.4, -0.2) is 37.6 Å². The molecule has 0 aliphatic rings. The Morgan fingerprint density at radius 3 is 2.24 bits per heavy atom. The van der Waals surface area contributed by atoms with Crippen molar-refractivity contribution in [2.45, 2.75) is 41.0 Å². The Kier molecular flexibility index (Phi) is 8.23. The van der Waals surface area contributed by atoms with Crippen LogP contribution in [0.4, 0.5) is 0 Å². The summed E-state index contributed by atoms with van der Waals surface area (Å²) >= 11 is 0. The molecule has 0 fully saturated rings. The first-order valence-electron chi connectivity index (χ1n) is 6.75. The molecule has 1 amide bonds. The van der Waals surface area contributed by atoms with Gasteiger partial charge in [-0.15, -0.1) is 0 Å². The van der Waals surface area contributed by atoms with Crippen LogP contribution in [0.5, 0.6) is 0 Å². The maximum Gasteiger partial charge on any atom is 0.225 e. The highest BCUT2D eigenvalue weighted by Crippen LogP contribution is 2.18. The first-order chi connectivity index (χ1) is 7.97. The minimum Gasteiger partial charge on any atom is -0.384 e. The minimum atomic E-state index is 0.120. The summed E-state index contributed by atoms with van der Waals surface area (Å²) in [5.41, 5.74) is 0. The second-order valence-corrected chi connectivity index (χ2v) is 5.11. The number of rotatable bonds is 8. The van der Waals surface area contributed by atoms with Crippen LogP contribution in [0.2, 0.25) is 0 Å². The third-order valence-corrected chi connectivity index (χ3v) is 3.56. The average Bonchev–Trinajstić information content (AvgIpc) is 2.33. The predicted molar refractivity (Wildman–Crippen MR) is 71.9 cm³/mol. The van der Waals surface area contributed by atoms with E-state index in [0.717, 1.165) is 19.5 Å². The highest BCUT2D eigenvalue weighted by molar-refractivity contribution is 5.78. The summed E-state index contributed by atoms with van der Waals surface area (Å²) < 4.78 is 5.12. The molecule has 0 rings (SSSR count). The van der Waals surface area contributed by atoms with Crippen LogP contribution in [0.1, 0.15) is 41.0 Å². The van der Waals surface area contributed by atoms with Crippen LogP contribution in [-0.2, 0) is 9.53 Å². The van der Waals surface area contributed by atoms with Gasteiger partial charge in [-0.1, -0.05) is 34.1 Å². The summed E-state index contributed by atoms with van der Waals surface area (Å²) in [6, 6.07) is 0. The van der Waals surface area contributed by atoms with Crippen LogP contribution in [0.25, 0.3) is 0 Å². The molecule has 0 aromatic heterocycles. The van der Waals surface area contributed by atoms with Crippen LogP contribution in [0.3, 0.4) is 0 Å². The first kappa shape index (κ1) is 16.4. The van der Waals surface area contributed by atoms with Gasteiger partial charge in [0.25, 0.3) is 0 Å². The molecule has 0 saturated heterocycles. The molecule has 0 heterocycles. The molecule has 0 aliphatic carbocycles. The number of amides is 1. The Balaban J connectivity index is 4.39. The van der Waals surface area contributed by atoms with E-state index in [-0.39, 0.29) is 11.8 Å². The summed E-state index contributed by atoms with van der Waals surface area (Å²) in [6.45, 7) is 12.8. The Hall–Kier alpha value is -0.570. The van der Waals surface area contributed by atoms with Gasteiger partial charge in [-0.05, 0) is 18.8 Å². The van der Waals surface area contributed by atoms with E-state index in [2.05, 4.69) is 20.8 Å². The van der Waals surface area contributed by atoms with E-state index in [0.29, 0.717) is 18.4 Å². The van der Waals surface area contributed by atoms with E-state index < -0.39 is 0 Å². The number of hydrogen-bond acceptors (Lipinski definition) is 2. The minimum absolute atomic E-state index is 0.120. The lowest BCUT2D eigenvalue weighted by molar-refractivity contribution is -0.137. The largest absolute Gasteiger partial charge is 0.384 e. The Bertz CT molecular complexity index is 218. The number of carbonyl (C=O) groups is 1. The second kappa shape index (κ2) is 8.51. The van der Waals surface area contributed by atoms with Gasteiger partial charge in [0.1, 0.15) is 0 Å². The lowest BCUT2D eigenvalue weighted by atomic mass is 9.92. The summed E-state index contributed by atoms with van der Waals surface area (Å²) in [6.07, 6.45) is 1.05. The van der Waals surface area contributed by atoms with E-state index in [1.54, 1.807) is 7.11 Å². The Morgan fingerprint density at radius 1 is 1.24 bits per heavy atom. The Morgan fingerprint density at radius 2 is 1.82 bits per heavy atom. The summed E-state index contributed by atoms with van der Waals surface area (Å²) in [5, 5.41) is 0. The highest BCUT2D eigenvalue weighted by Gasteiger charge is 2.24. The van der Waals surface area contributed by atoms with Gasteiger partial charge in [-0.25, -0.2) is 0 Å². The number of nitrogens with zero attached hydrogens (tertiary/aromatic N) is 1. The fraction of sp³-hybridized carbons (Fsp3) is 0.929. The molecule has 0 N–H and O–H groups in total. The SMILES string of the molecule is CCC(C)C(C)C(=O)N(CC)CC(C)COC. The van der Waals surface area contributed by atoms with E-state index in [1.807, 2.05) is 18.7 Å². The molecule has 3 atom stereocenters. The third-order valence-electron chi connectivity index (χ3n) is 3.56. The van der Waals surface area contributed by atoms with Crippen LogP contribution < -0.4 is 0 Å². The molecule has 3 unspecified atom stereocenters. The van der Waals surface area contributed by atoms with Gasteiger partial charge in [-0.2, -0.15) is 0 Å². The molecule has 17 heavy (non-hydrogen) atoms. The third kappa shape index (κ3) is 5.53. The van der Waals surface area contributed by atoms with Crippen molar-refractivity contribution >= 4 is 5.91 Å². The van der Waals surface area contributed by atoms with E-state index in [9.17, 15) is 4.79 Å². The summed E-state index contributed by atoms with van der Waals surface area (Å²) in [7, 11) is 1.70. The van der Waals surface area contributed by atoms with Crippen molar-refractivity contribution < 1.29 is 9.53 Å². The van der Waals surface area contributed by atoms with Crippen molar-refractivity contribution in [1.82, 2.24) is 4.90 Å². The molecule has 0 radical (unpaired) electrons. The molecule has 3 heteroatoms. The zero-order valence-electron chi connectivity index (χ0n) is 12.3. The number of carbonyl (C=O) groups excluding carboxylic acids is 1. The zero-order chi connectivity index (χ0) is 13.4. The van der Waals surface area contributed by atoms with Crippen LogP contribution in [0, 0.1) is 17.8 Å². The lowest BCUT2D eigenvalue weighted by Crippen LogP contribution is -2.40. The van der Waals surface area contributed by atoms with Crippen LogP contribution in [0.15, 0.2) is 0 Å². The average molecular weight is 243 g/mol. The van der Waals surface area contributed by atoms with Crippen molar-refractivity contribution in [1.29, 1.82) is 0 Å². The van der Waals surface area contributed by atoms with Crippen LogP contribution >= 0.6 is 0 Å². The molecular formula is C14H29NO2. The van der Waals surface area contributed by atoms with Gasteiger partial charge in [0.05, 0.1) is 6.61 Å². The van der Waals surface area contributed by atoms with Crippen molar-refractivity contribution in [3.63, 3.8) is 0 Å². The monoisotopic (exact) mass is 243 g/mol. The van der Waals surface area contributed by atoms with Gasteiger partial charge < -0.3 is 9.64 Å². The summed E-state index contributed by atoms with van der Waals surface area (Å²) in [5.74, 6) is 1.25. The molecule has 0 aliphatic heterocycles. The van der Waals surface area contributed by atoms with Crippen molar-refractivity contribution in [3.05, 3.63) is 0 Å². The van der Waals surface area contributed by atoms with E-state index in [4.69, 9.17) is 4.74 Å². The normalized spacial score (nSPS) is 16.4. The number of ether oxygens (including phenoxy) is 1. The topological polar surface area (TPSA) is 29.5 Å². The lowest BCUT2D eigenvalue weighted by Gasteiger charge is -2.29. The fourth-order valence-corrected chi connectivity index (χ4v) is 1.97. The maximum atomic E-state index is 12.3. The molecule has 0 bridgehead atoms. The number of methoxy groups -OCH3 is 1. The summed E-state index contributed by atoms with van der Waals surface area (Å²) in [4.78, 5) is 14.3. The van der Waals surface area contributed by atoms with Crippen molar-refractivity contribution in [3.8, 4) is 0 Å². The maximum absolute atomic E-state index is 12.3. The molecule has 0 spiro atoms. The van der Waals surface area contributed by atoms with Crippen molar-refractivity contribution in [2.24, 2.45) is 17.8 Å². The van der Waals surface area contributed by atoms with Gasteiger partial charge >= 0.3 is 0 Å². The van der Waals surface area contributed by atoms with Gasteiger partial charge in [-0.3, -0.25) is 4.79 Å². The molecule has 0 aromatic rings. The molecule has 0 aromatic carbocycles. The molecular weight excluding hydrogens is 214 g/mol. The first-order valence-corrected chi connectivity index (χ1v) is 6.75. The van der Waals surface area contributed by atoms with Crippen molar-refractivity contribution in [2.75, 3.05) is 26.8 Å². The highest BCUT2D eigenvalue weighted by atomic mass is 16.5. The smallest absolute Gasteiger partial charge is 0.225 e. The molecule has 0 saturated carbocycles. The second-order valence-electron chi connectivity index (χ2n) is 5.11. The molecule has 102 valence electrons. The van der Waals surface area contributed by atoms with Gasteiger partial charge in [0.2, 0.25) is 5.91 Å². The van der Waals surface area contributed by atoms with Gasteiger partial charge in [0, 0.05) is 26.1 Å². The molecule has 3 nitrogen and oxygen atoms in total. The fourth-order valence-electron chi connectivity index (χ4n) is 1.97. The Labute approximate surface area is 107 Å². The van der Waals surface area contributed by atoms with Gasteiger partial charge in [0.15, 0.2) is 0 Å². The standard InChI is InChI=1S/C14H29NO2/c1-7-12(4)13(5)14(16)15(8-2)9-11(3)10-17-6/h11-13H,7-10H2,1-6H3. The van der Waals surface area contributed by atoms with E-state index in [1.165, 1.54) is 0 Å². The quantitative estimate of drug-likeness (QED) is 0.656. The zero-order valence-corrected chi connectivity index (χ0v) is 12.3.